The molecule has 6 rings (SSSR count). The molecule has 1 N–H and O–H groups in total. The van der Waals surface area contributed by atoms with Crippen LogP contribution in [0.15, 0.2) is 53.7 Å². The topological polar surface area (TPSA) is 86.6 Å². The number of rotatable bonds is 4. The van der Waals surface area contributed by atoms with Gasteiger partial charge in [0.25, 0.3) is 0 Å². The minimum atomic E-state index is -0.615. The van der Waals surface area contributed by atoms with Gasteiger partial charge in [-0.2, -0.15) is 0 Å². The number of hydrogen-bond acceptors (Lipinski definition) is 5. The van der Waals surface area contributed by atoms with Crippen LogP contribution in [0.25, 0.3) is 0 Å². The smallest absolute Gasteiger partial charge is 0.318 e. The standard InChI is InChI=1S/C33H41BrClN7O2/c1-33(2,3)38-32(44)42-14-13-40(20-28(42)31(43)41-11-4-5-22(19-41)18-39-12-10-36-21-39)30-27-9-8-26(35)16-23(27)6-7-24-15-25(34)17-37-29(24)30/h8-10,12,15-17,21-22,28,30H,4-7,11,13-14,18-20H2,1-3H3,(H,38,44)/t22-,28+,30+/m0/s1. The molecule has 0 radical (unpaired) electrons. The second-order valence-electron chi connectivity index (χ2n) is 13.4. The number of nitrogens with zero attached hydrogens (tertiary/aromatic N) is 6. The summed E-state index contributed by atoms with van der Waals surface area (Å²) in [5.41, 5.74) is 4.14. The summed E-state index contributed by atoms with van der Waals surface area (Å²) in [4.78, 5) is 43.4. The molecule has 1 aromatic carbocycles. The van der Waals surface area contributed by atoms with Crippen molar-refractivity contribution >= 4 is 39.5 Å². The third kappa shape index (κ3) is 6.82. The summed E-state index contributed by atoms with van der Waals surface area (Å²) in [6, 6.07) is 7.32. The minimum Gasteiger partial charge on any atom is -0.341 e. The molecule has 2 fully saturated rings. The highest BCUT2D eigenvalue weighted by molar-refractivity contribution is 9.10. The number of carbonyl (C=O) groups excluding carboxylic acids is 2. The van der Waals surface area contributed by atoms with E-state index in [2.05, 4.69) is 53.9 Å². The number of aryl methyl sites for hydroxylation is 2. The zero-order valence-electron chi connectivity index (χ0n) is 25.7. The van der Waals surface area contributed by atoms with E-state index in [4.69, 9.17) is 16.6 Å². The fraction of sp³-hybridized carbons (Fsp3) is 0.515. The van der Waals surface area contributed by atoms with Gasteiger partial charge in [-0.3, -0.25) is 14.7 Å². The van der Waals surface area contributed by atoms with E-state index in [1.165, 1.54) is 16.7 Å². The number of piperazine rings is 1. The van der Waals surface area contributed by atoms with Crippen LogP contribution in [0.5, 0.6) is 0 Å². The first-order valence-electron chi connectivity index (χ1n) is 15.6. The Morgan fingerprint density at radius 3 is 2.68 bits per heavy atom. The first kappa shape index (κ1) is 31.0. The quantitative estimate of drug-likeness (QED) is 0.403. The van der Waals surface area contributed by atoms with Crippen LogP contribution in [0, 0.1) is 5.92 Å². The van der Waals surface area contributed by atoms with Crippen molar-refractivity contribution in [3.8, 4) is 0 Å². The van der Waals surface area contributed by atoms with Crippen LogP contribution in [-0.2, 0) is 24.2 Å². The molecule has 3 aliphatic rings. The van der Waals surface area contributed by atoms with Crippen molar-refractivity contribution in [2.24, 2.45) is 5.92 Å². The molecule has 4 heterocycles. The van der Waals surface area contributed by atoms with Crippen LogP contribution in [0.1, 0.15) is 62.0 Å². The fourth-order valence-corrected chi connectivity index (χ4v) is 7.56. The van der Waals surface area contributed by atoms with Crippen LogP contribution < -0.4 is 5.32 Å². The third-order valence-corrected chi connectivity index (χ3v) is 9.62. The average molecular weight is 683 g/mol. The molecule has 3 amide bonds. The van der Waals surface area contributed by atoms with Gasteiger partial charge in [0.2, 0.25) is 5.91 Å². The van der Waals surface area contributed by atoms with E-state index in [1.807, 2.05) is 50.5 Å². The number of halogens is 2. The SMILES string of the molecule is CC(C)(C)NC(=O)N1CCN([C@@H]2c3ccc(Cl)cc3CCc3cc(Br)cnc32)C[C@@H]1C(=O)N1CCC[C@@H](Cn2ccnc2)C1. The van der Waals surface area contributed by atoms with Gasteiger partial charge in [-0.15, -0.1) is 0 Å². The molecule has 0 unspecified atom stereocenters. The number of amides is 3. The van der Waals surface area contributed by atoms with Crippen molar-refractivity contribution in [3.05, 3.63) is 81.1 Å². The van der Waals surface area contributed by atoms with Crippen molar-refractivity contribution in [3.63, 3.8) is 0 Å². The Morgan fingerprint density at radius 2 is 1.91 bits per heavy atom. The van der Waals surface area contributed by atoms with Gasteiger partial charge in [-0.1, -0.05) is 17.7 Å². The number of nitrogens with one attached hydrogen (secondary N) is 1. The second kappa shape index (κ2) is 12.8. The van der Waals surface area contributed by atoms with Gasteiger partial charge in [0, 0.05) is 72.9 Å². The van der Waals surface area contributed by atoms with Crippen LogP contribution >= 0.6 is 27.5 Å². The van der Waals surface area contributed by atoms with Gasteiger partial charge in [0.1, 0.15) is 6.04 Å². The molecular formula is C33H41BrClN7O2. The highest BCUT2D eigenvalue weighted by Crippen LogP contribution is 2.39. The maximum absolute atomic E-state index is 14.5. The number of aromatic nitrogens is 3. The van der Waals surface area contributed by atoms with Crippen molar-refractivity contribution in [1.82, 2.24) is 34.6 Å². The fourth-order valence-electron chi connectivity index (χ4n) is 6.99. The van der Waals surface area contributed by atoms with Gasteiger partial charge in [-0.25, -0.2) is 9.78 Å². The summed E-state index contributed by atoms with van der Waals surface area (Å²) in [6.07, 6.45) is 11.2. The largest absolute Gasteiger partial charge is 0.341 e. The number of likely N-dealkylation sites (tertiary alicyclic amines) is 1. The lowest BCUT2D eigenvalue weighted by Gasteiger charge is -2.46. The number of urea groups is 1. The Labute approximate surface area is 273 Å². The number of carbonyl (C=O) groups is 2. The lowest BCUT2D eigenvalue weighted by molar-refractivity contribution is -0.140. The van der Waals surface area contributed by atoms with E-state index in [-0.39, 0.29) is 18.0 Å². The van der Waals surface area contributed by atoms with Gasteiger partial charge >= 0.3 is 6.03 Å². The maximum Gasteiger partial charge on any atom is 0.318 e. The molecule has 2 aliphatic heterocycles. The number of hydrogen-bond donors (Lipinski definition) is 1. The Balaban J connectivity index is 1.32. The number of piperidine rings is 1. The van der Waals surface area contributed by atoms with Crippen LogP contribution in [0.3, 0.4) is 0 Å². The summed E-state index contributed by atoms with van der Waals surface area (Å²) in [5, 5.41) is 3.84. The predicted octanol–water partition coefficient (Wildman–Crippen LogP) is 5.32. The number of imidazole rings is 1. The zero-order chi connectivity index (χ0) is 31.0. The molecule has 0 saturated carbocycles. The van der Waals surface area contributed by atoms with Crippen molar-refractivity contribution in [2.75, 3.05) is 32.7 Å². The highest BCUT2D eigenvalue weighted by Gasteiger charge is 2.43. The Bertz CT molecular complexity index is 1450. The molecule has 9 nitrogen and oxygen atoms in total. The summed E-state index contributed by atoms with van der Waals surface area (Å²) in [7, 11) is 0. The summed E-state index contributed by atoms with van der Waals surface area (Å²) in [5.74, 6) is 0.356. The molecular weight excluding hydrogens is 642 g/mol. The lowest BCUT2D eigenvalue weighted by atomic mass is 9.94. The highest BCUT2D eigenvalue weighted by atomic mass is 79.9. The van der Waals surface area contributed by atoms with E-state index in [0.29, 0.717) is 38.6 Å². The lowest BCUT2D eigenvalue weighted by Crippen LogP contribution is -2.65. The molecule has 0 bridgehead atoms. The molecule has 2 aromatic heterocycles. The van der Waals surface area contributed by atoms with Gasteiger partial charge < -0.3 is 19.7 Å². The summed E-state index contributed by atoms with van der Waals surface area (Å²) < 4.78 is 3.04. The minimum absolute atomic E-state index is 0.0167. The first-order valence-corrected chi connectivity index (χ1v) is 16.7. The van der Waals surface area contributed by atoms with E-state index in [9.17, 15) is 9.59 Å². The van der Waals surface area contributed by atoms with Crippen molar-refractivity contribution in [2.45, 2.75) is 70.6 Å². The second-order valence-corrected chi connectivity index (χ2v) is 14.7. The van der Waals surface area contributed by atoms with E-state index in [0.717, 1.165) is 47.4 Å². The molecule has 0 spiro atoms. The monoisotopic (exact) mass is 681 g/mol. The summed E-state index contributed by atoms with van der Waals surface area (Å²) >= 11 is 10.1. The van der Waals surface area contributed by atoms with E-state index >= 15 is 0 Å². The van der Waals surface area contributed by atoms with Crippen molar-refractivity contribution < 1.29 is 9.59 Å². The Morgan fingerprint density at radius 1 is 1.09 bits per heavy atom. The van der Waals surface area contributed by atoms with E-state index < -0.39 is 11.6 Å². The van der Waals surface area contributed by atoms with Gasteiger partial charge in [0.15, 0.2) is 0 Å². The molecule has 234 valence electrons. The molecule has 3 atom stereocenters. The first-order chi connectivity index (χ1) is 21.1. The zero-order valence-corrected chi connectivity index (χ0v) is 28.0. The predicted molar refractivity (Wildman–Crippen MR) is 175 cm³/mol. The Hall–Kier alpha value is -2.95. The van der Waals surface area contributed by atoms with Crippen LogP contribution in [0.2, 0.25) is 5.02 Å². The van der Waals surface area contributed by atoms with Gasteiger partial charge in [-0.05, 0) is 103 Å². The maximum atomic E-state index is 14.5. The number of fused-ring (bicyclic) bond motifs is 2. The molecule has 1 aliphatic carbocycles. The molecule has 3 aromatic rings. The molecule has 11 heteroatoms. The van der Waals surface area contributed by atoms with Crippen LogP contribution in [0.4, 0.5) is 4.79 Å². The third-order valence-electron chi connectivity index (χ3n) is 8.95. The molecule has 2 saturated heterocycles. The van der Waals surface area contributed by atoms with Gasteiger partial charge in [0.05, 0.1) is 18.1 Å². The number of benzene rings is 1. The Kier molecular flexibility index (Phi) is 9.04. The normalized spacial score (nSPS) is 22.6. The van der Waals surface area contributed by atoms with Crippen molar-refractivity contribution in [1.29, 1.82) is 0 Å². The molecule has 44 heavy (non-hydrogen) atoms. The number of pyridine rings is 1. The summed E-state index contributed by atoms with van der Waals surface area (Å²) in [6.45, 7) is 9.59. The van der Waals surface area contributed by atoms with Crippen LogP contribution in [-0.4, -0.2) is 85.5 Å². The van der Waals surface area contributed by atoms with E-state index in [1.54, 1.807) is 11.1 Å². The average Bonchev–Trinajstić information content (AvgIpc) is 3.44.